The second-order valence-electron chi connectivity index (χ2n) is 5.74. The molecule has 1 aliphatic heterocycles. The first kappa shape index (κ1) is 14.8. The third-order valence-electron chi connectivity index (χ3n) is 2.70. The first-order valence-electron chi connectivity index (χ1n) is 6.41. The monoisotopic (exact) mass is 257 g/mol. The number of nitrogens with zero attached hydrogens (tertiary/aromatic N) is 1. The summed E-state index contributed by atoms with van der Waals surface area (Å²) < 4.78 is 10.3. The fourth-order valence-electron chi connectivity index (χ4n) is 2.03. The number of hydrogen-bond acceptors (Lipinski definition) is 4. The van der Waals surface area contributed by atoms with Gasteiger partial charge in [-0.2, -0.15) is 0 Å². The molecule has 1 rings (SSSR count). The quantitative estimate of drug-likeness (QED) is 0.712. The van der Waals surface area contributed by atoms with Crippen LogP contribution in [0.5, 0.6) is 0 Å². The molecule has 1 amide bonds. The van der Waals surface area contributed by atoms with Crippen LogP contribution in [0.4, 0.5) is 4.79 Å². The minimum atomic E-state index is -0.553. The molecule has 0 bridgehead atoms. The van der Waals surface area contributed by atoms with Crippen LogP contribution in [0.15, 0.2) is 0 Å². The Morgan fingerprint density at radius 1 is 1.33 bits per heavy atom. The van der Waals surface area contributed by atoms with Gasteiger partial charge in [0.25, 0.3) is 0 Å². The average molecular weight is 257 g/mol. The van der Waals surface area contributed by atoms with Crippen LogP contribution < -0.4 is 0 Å². The highest BCUT2D eigenvalue weighted by molar-refractivity contribution is 5.82. The molecule has 0 aliphatic carbocycles. The smallest absolute Gasteiger partial charge is 0.411 e. The number of rotatable bonds is 2. The van der Waals surface area contributed by atoms with Gasteiger partial charge in [-0.3, -0.25) is 4.90 Å². The van der Waals surface area contributed by atoms with E-state index in [9.17, 15) is 9.59 Å². The van der Waals surface area contributed by atoms with Crippen molar-refractivity contribution in [2.24, 2.45) is 5.92 Å². The maximum absolute atomic E-state index is 12.0. The number of esters is 1. The maximum atomic E-state index is 12.0. The highest BCUT2D eigenvalue weighted by atomic mass is 16.6. The van der Waals surface area contributed by atoms with Crippen molar-refractivity contribution in [1.29, 1.82) is 0 Å². The molecule has 5 nitrogen and oxygen atoms in total. The molecular formula is C13H23NO4. The van der Waals surface area contributed by atoms with Gasteiger partial charge in [-0.1, -0.05) is 6.92 Å². The molecule has 1 heterocycles. The minimum Gasteiger partial charge on any atom is -0.464 e. The number of hydrogen-bond donors (Lipinski definition) is 0. The van der Waals surface area contributed by atoms with Crippen LogP contribution >= 0.6 is 0 Å². The maximum Gasteiger partial charge on any atom is 0.411 e. The van der Waals surface area contributed by atoms with Crippen LogP contribution in [0.2, 0.25) is 0 Å². The van der Waals surface area contributed by atoms with Gasteiger partial charge < -0.3 is 9.47 Å². The van der Waals surface area contributed by atoms with Crippen LogP contribution in [-0.4, -0.2) is 41.8 Å². The summed E-state index contributed by atoms with van der Waals surface area (Å²) in [6.45, 7) is 10.1. The third kappa shape index (κ3) is 3.89. The van der Waals surface area contributed by atoms with Crippen LogP contribution in [0.3, 0.4) is 0 Å². The van der Waals surface area contributed by atoms with Crippen molar-refractivity contribution in [3.63, 3.8) is 0 Å². The van der Waals surface area contributed by atoms with Gasteiger partial charge >= 0.3 is 12.1 Å². The van der Waals surface area contributed by atoms with Crippen molar-refractivity contribution in [2.45, 2.75) is 52.7 Å². The summed E-state index contributed by atoms with van der Waals surface area (Å²) in [5.74, 6) is -0.0559. The summed E-state index contributed by atoms with van der Waals surface area (Å²) in [5.41, 5.74) is -0.553. The molecule has 0 aromatic rings. The molecule has 18 heavy (non-hydrogen) atoms. The average Bonchev–Trinajstić information content (AvgIpc) is 2.58. The van der Waals surface area contributed by atoms with E-state index in [1.165, 1.54) is 4.90 Å². The normalized spacial score (nSPS) is 23.9. The summed E-state index contributed by atoms with van der Waals surface area (Å²) in [7, 11) is 0. The van der Waals surface area contributed by atoms with E-state index < -0.39 is 17.7 Å². The van der Waals surface area contributed by atoms with Gasteiger partial charge in [-0.05, 0) is 40.0 Å². The SMILES string of the molecule is CCOC(=O)[C@@H]1C[C@@H](C)CN1C(=O)OC(C)(C)C. The predicted octanol–water partition coefficient (Wildman–Crippen LogP) is 2.20. The van der Waals surface area contributed by atoms with E-state index in [2.05, 4.69) is 0 Å². The molecule has 1 saturated heterocycles. The van der Waals surface area contributed by atoms with Crippen molar-refractivity contribution in [1.82, 2.24) is 4.90 Å². The van der Waals surface area contributed by atoms with E-state index in [4.69, 9.17) is 9.47 Å². The standard InChI is InChI=1S/C13H23NO4/c1-6-17-11(15)10-7-9(2)8-14(10)12(16)18-13(3,4)5/h9-10H,6-8H2,1-5H3/t9-,10+/m1/s1. The van der Waals surface area contributed by atoms with Crippen LogP contribution in [0, 0.1) is 5.92 Å². The molecule has 0 N–H and O–H groups in total. The van der Waals surface area contributed by atoms with Gasteiger partial charge in [0.2, 0.25) is 0 Å². The lowest BCUT2D eigenvalue weighted by Crippen LogP contribution is -2.44. The molecule has 0 unspecified atom stereocenters. The largest absolute Gasteiger partial charge is 0.464 e. The minimum absolute atomic E-state index is 0.284. The molecule has 0 spiro atoms. The second-order valence-corrected chi connectivity index (χ2v) is 5.74. The number of carbonyl (C=O) groups excluding carboxylic acids is 2. The van der Waals surface area contributed by atoms with Crippen molar-refractivity contribution >= 4 is 12.1 Å². The summed E-state index contributed by atoms with van der Waals surface area (Å²) in [6.07, 6.45) is 0.197. The van der Waals surface area contributed by atoms with E-state index in [-0.39, 0.29) is 11.9 Å². The van der Waals surface area contributed by atoms with Gasteiger partial charge in [0.05, 0.1) is 6.61 Å². The molecule has 1 aliphatic rings. The van der Waals surface area contributed by atoms with Crippen molar-refractivity contribution in [3.8, 4) is 0 Å². The van der Waals surface area contributed by atoms with Crippen LogP contribution in [-0.2, 0) is 14.3 Å². The summed E-state index contributed by atoms with van der Waals surface area (Å²) in [6, 6.07) is -0.505. The Morgan fingerprint density at radius 3 is 2.44 bits per heavy atom. The highest BCUT2D eigenvalue weighted by Gasteiger charge is 2.40. The Bertz CT molecular complexity index is 321. The lowest BCUT2D eigenvalue weighted by atomic mass is 10.1. The zero-order valence-electron chi connectivity index (χ0n) is 11.9. The topological polar surface area (TPSA) is 55.8 Å². The van der Waals surface area contributed by atoms with E-state index in [1.54, 1.807) is 6.92 Å². The lowest BCUT2D eigenvalue weighted by Gasteiger charge is -2.27. The molecule has 0 radical (unpaired) electrons. The van der Waals surface area contributed by atoms with Gasteiger partial charge in [0.1, 0.15) is 11.6 Å². The Kier molecular flexibility index (Phi) is 4.59. The molecule has 1 fully saturated rings. The molecule has 104 valence electrons. The summed E-state index contributed by atoms with van der Waals surface area (Å²) >= 11 is 0. The van der Waals surface area contributed by atoms with Gasteiger partial charge in [-0.15, -0.1) is 0 Å². The van der Waals surface area contributed by atoms with Crippen molar-refractivity contribution < 1.29 is 19.1 Å². The Balaban J connectivity index is 2.72. The molecule has 0 saturated carbocycles. The summed E-state index contributed by atoms with van der Waals surface area (Å²) in [5, 5.41) is 0. The first-order chi connectivity index (χ1) is 8.24. The fourth-order valence-corrected chi connectivity index (χ4v) is 2.03. The second kappa shape index (κ2) is 5.59. The molecule has 2 atom stereocenters. The number of ether oxygens (including phenoxy) is 2. The Morgan fingerprint density at radius 2 is 1.94 bits per heavy atom. The van der Waals surface area contributed by atoms with Gasteiger partial charge in [-0.25, -0.2) is 9.59 Å². The molecular weight excluding hydrogens is 234 g/mol. The third-order valence-corrected chi connectivity index (χ3v) is 2.70. The van der Waals surface area contributed by atoms with Crippen molar-refractivity contribution in [2.75, 3.05) is 13.2 Å². The molecule has 5 heteroatoms. The molecule has 0 aromatic heterocycles. The van der Waals surface area contributed by atoms with Gasteiger partial charge in [0, 0.05) is 6.54 Å². The van der Waals surface area contributed by atoms with Crippen LogP contribution in [0.1, 0.15) is 41.0 Å². The predicted molar refractivity (Wildman–Crippen MR) is 67.1 cm³/mol. The first-order valence-corrected chi connectivity index (χ1v) is 6.41. The fraction of sp³-hybridized carbons (Fsp3) is 0.846. The number of carbonyl (C=O) groups is 2. The zero-order valence-corrected chi connectivity index (χ0v) is 11.9. The van der Waals surface area contributed by atoms with E-state index >= 15 is 0 Å². The molecule has 0 aromatic carbocycles. The Labute approximate surface area is 108 Å². The number of amides is 1. The van der Waals surface area contributed by atoms with Crippen molar-refractivity contribution in [3.05, 3.63) is 0 Å². The Hall–Kier alpha value is -1.26. The van der Waals surface area contributed by atoms with Gasteiger partial charge in [0.15, 0.2) is 0 Å². The highest BCUT2D eigenvalue weighted by Crippen LogP contribution is 2.25. The zero-order chi connectivity index (χ0) is 13.9. The van der Waals surface area contributed by atoms with E-state index in [1.807, 2.05) is 27.7 Å². The lowest BCUT2D eigenvalue weighted by molar-refractivity contribution is -0.148. The summed E-state index contributed by atoms with van der Waals surface area (Å²) in [4.78, 5) is 25.3. The number of likely N-dealkylation sites (tertiary alicyclic amines) is 1. The van der Waals surface area contributed by atoms with E-state index in [0.29, 0.717) is 19.6 Å². The van der Waals surface area contributed by atoms with E-state index in [0.717, 1.165) is 0 Å². The van der Waals surface area contributed by atoms with Crippen LogP contribution in [0.25, 0.3) is 0 Å².